The molecule has 1 aromatic heterocycles. The van der Waals surface area contributed by atoms with Crippen LogP contribution in [0.3, 0.4) is 0 Å². The number of nitrogens with zero attached hydrogens (tertiary/aromatic N) is 2. The Morgan fingerprint density at radius 2 is 0.889 bits per heavy atom. The number of alkyl halides is 17. The van der Waals surface area contributed by atoms with Crippen molar-refractivity contribution in [2.75, 3.05) is 0 Å². The van der Waals surface area contributed by atoms with Crippen molar-refractivity contribution in [1.82, 2.24) is 4.57 Å². The molecule has 2 nitrogen and oxygen atoms in total. The molecule has 0 aliphatic heterocycles. The van der Waals surface area contributed by atoms with Gasteiger partial charge in [0.2, 0.25) is 0 Å². The Balaban J connectivity index is 2.61. The van der Waals surface area contributed by atoms with Gasteiger partial charge in [0, 0.05) is 0 Å². The first-order chi connectivity index (χ1) is 15.8. The van der Waals surface area contributed by atoms with Crippen molar-refractivity contribution in [2.45, 2.75) is 47.8 Å². The first-order valence-corrected chi connectivity index (χ1v) is 8.69. The van der Waals surface area contributed by atoms with Crippen molar-refractivity contribution in [2.24, 2.45) is 0 Å². The monoisotopic (exact) mass is 563 g/mol. The van der Waals surface area contributed by atoms with Crippen molar-refractivity contribution in [1.29, 1.82) is 0 Å². The standard InChI is InChI=1S/C17H8F17N2/c18-10(19,12(22,23)14(26,27)16(30,31)32)11(20,21)13(24,25)15(28,29)17(33,34)36-7-6-35(8-36)9-4-2-1-3-5-9/h1-8H/q+1. The lowest BCUT2D eigenvalue weighted by Gasteiger charge is -2.41. The maximum Gasteiger partial charge on any atom is 0.469 e. The van der Waals surface area contributed by atoms with Crippen LogP contribution >= 0.6 is 0 Å². The lowest BCUT2D eigenvalue weighted by Crippen LogP contribution is -2.76. The highest BCUT2D eigenvalue weighted by Crippen LogP contribution is 2.63. The number of imidazole rings is 1. The van der Waals surface area contributed by atoms with E-state index in [4.69, 9.17) is 0 Å². The fraction of sp³-hybridized carbons (Fsp3) is 0.471. The summed E-state index contributed by atoms with van der Waals surface area (Å²) in [6.45, 7) is 0. The van der Waals surface area contributed by atoms with Gasteiger partial charge in [-0.05, 0) is 12.1 Å². The van der Waals surface area contributed by atoms with Crippen LogP contribution in [0.2, 0.25) is 0 Å². The second-order valence-electron chi connectivity index (χ2n) is 7.05. The van der Waals surface area contributed by atoms with Crippen molar-refractivity contribution in [3.63, 3.8) is 0 Å². The molecule has 1 heterocycles. The molecule has 36 heavy (non-hydrogen) atoms. The van der Waals surface area contributed by atoms with Crippen LogP contribution < -0.4 is 4.57 Å². The molecular formula is C17H8F17N2+. The van der Waals surface area contributed by atoms with Crippen LogP contribution in [0.5, 0.6) is 0 Å². The third-order valence-corrected chi connectivity index (χ3v) is 4.72. The molecule has 0 unspecified atom stereocenters. The van der Waals surface area contributed by atoms with Gasteiger partial charge in [0.25, 0.3) is 6.33 Å². The number of hydrogen-bond donors (Lipinski definition) is 0. The highest BCUT2D eigenvalue weighted by molar-refractivity contribution is 5.30. The fourth-order valence-electron chi connectivity index (χ4n) is 2.59. The van der Waals surface area contributed by atoms with E-state index in [2.05, 4.69) is 0 Å². The molecule has 0 aliphatic rings. The van der Waals surface area contributed by atoms with Crippen molar-refractivity contribution in [3.8, 4) is 5.69 Å². The summed E-state index contributed by atoms with van der Waals surface area (Å²) in [6, 6.07) is -0.567. The summed E-state index contributed by atoms with van der Waals surface area (Å²) in [5, 5.41) is 0. The summed E-state index contributed by atoms with van der Waals surface area (Å²) in [6.07, 6.45) is -7.65. The average molecular weight is 563 g/mol. The molecule has 1 aromatic carbocycles. The average Bonchev–Trinajstić information content (AvgIpc) is 3.23. The van der Waals surface area contributed by atoms with Gasteiger partial charge in [-0.25, -0.2) is 4.57 Å². The summed E-state index contributed by atoms with van der Waals surface area (Å²) < 4.78 is 226. The Kier molecular flexibility index (Phi) is 6.65. The Bertz CT molecular complexity index is 1070. The van der Waals surface area contributed by atoms with Gasteiger partial charge in [-0.2, -0.15) is 79.2 Å². The first kappa shape index (κ1) is 29.5. The van der Waals surface area contributed by atoms with E-state index in [1.54, 1.807) is 0 Å². The van der Waals surface area contributed by atoms with Crippen LogP contribution in [-0.2, 0) is 6.05 Å². The Labute approximate surface area is 187 Å². The number of aromatic nitrogens is 2. The molecule has 0 saturated carbocycles. The number of rotatable bonds is 8. The Morgan fingerprint density at radius 3 is 1.31 bits per heavy atom. The van der Waals surface area contributed by atoms with Gasteiger partial charge in [0.1, 0.15) is 18.1 Å². The van der Waals surface area contributed by atoms with Gasteiger partial charge in [-0.15, -0.1) is 0 Å². The van der Waals surface area contributed by atoms with E-state index in [-0.39, 0.29) is 18.2 Å². The molecule has 2 rings (SSSR count). The van der Waals surface area contributed by atoms with Crippen LogP contribution in [0.1, 0.15) is 0 Å². The number of halogens is 17. The number of benzene rings is 1. The molecule has 204 valence electrons. The summed E-state index contributed by atoms with van der Waals surface area (Å²) in [7, 11) is 0. The minimum Gasteiger partial charge on any atom is -0.202 e. The molecule has 0 atom stereocenters. The largest absolute Gasteiger partial charge is 0.469 e. The SMILES string of the molecule is FC(F)(F)C(F)(F)C(F)(F)C(F)(F)C(F)(F)C(F)(F)C(F)(F)C(F)(F)[n+]1ccn(-c2ccccc2)c1. The highest BCUT2D eigenvalue weighted by Gasteiger charge is 2.96. The van der Waals surface area contributed by atoms with Crippen LogP contribution in [0, 0.1) is 0 Å². The second kappa shape index (κ2) is 8.12. The van der Waals surface area contributed by atoms with Gasteiger partial charge in [-0.1, -0.05) is 18.2 Å². The number of para-hydroxylation sites is 1. The molecule has 2 aromatic rings. The molecule has 0 saturated heterocycles. The van der Waals surface area contributed by atoms with Crippen LogP contribution in [0.25, 0.3) is 5.69 Å². The summed E-state index contributed by atoms with van der Waals surface area (Å²) in [4.78, 5) is 0. The van der Waals surface area contributed by atoms with E-state index < -0.39 is 52.3 Å². The predicted molar refractivity (Wildman–Crippen MR) is 81.9 cm³/mol. The molecule has 0 fully saturated rings. The van der Waals surface area contributed by atoms with Crippen LogP contribution in [-0.4, -0.2) is 46.3 Å². The molecule has 0 radical (unpaired) electrons. The van der Waals surface area contributed by atoms with Gasteiger partial charge in [0.15, 0.2) is 0 Å². The van der Waals surface area contributed by atoms with Crippen LogP contribution in [0.15, 0.2) is 49.1 Å². The van der Waals surface area contributed by atoms with E-state index in [0.29, 0.717) is 10.8 Å². The van der Waals surface area contributed by atoms with Gasteiger partial charge < -0.3 is 0 Å². The normalized spacial score (nSPS) is 15.4. The zero-order chi connectivity index (χ0) is 28.4. The third-order valence-electron chi connectivity index (χ3n) is 4.72. The van der Waals surface area contributed by atoms with E-state index >= 15 is 0 Å². The maximum atomic E-state index is 14.2. The molecule has 0 amide bonds. The van der Waals surface area contributed by atoms with Gasteiger partial charge in [-0.3, -0.25) is 0 Å². The second-order valence-corrected chi connectivity index (χ2v) is 7.05. The minimum atomic E-state index is -8.65. The smallest absolute Gasteiger partial charge is 0.202 e. The fourth-order valence-corrected chi connectivity index (χ4v) is 2.59. The summed E-state index contributed by atoms with van der Waals surface area (Å²) >= 11 is 0. The predicted octanol–water partition coefficient (Wildman–Crippen LogP) is 6.69. The third kappa shape index (κ3) is 3.75. The zero-order valence-electron chi connectivity index (χ0n) is 16.4. The van der Waals surface area contributed by atoms with E-state index in [1.807, 2.05) is 0 Å². The van der Waals surface area contributed by atoms with E-state index in [9.17, 15) is 74.6 Å². The highest BCUT2D eigenvalue weighted by atomic mass is 19.4. The van der Waals surface area contributed by atoms with Crippen molar-refractivity contribution >= 4 is 0 Å². The Hall–Kier alpha value is -2.76. The van der Waals surface area contributed by atoms with E-state index in [1.165, 1.54) is 18.2 Å². The minimum absolute atomic E-state index is 0.131. The van der Waals surface area contributed by atoms with Gasteiger partial charge in [0.05, 0.1) is 0 Å². The van der Waals surface area contributed by atoms with Crippen molar-refractivity contribution in [3.05, 3.63) is 49.1 Å². The molecule has 0 bridgehead atoms. The molecular weight excluding hydrogens is 555 g/mol. The van der Waals surface area contributed by atoms with E-state index in [0.717, 1.165) is 12.1 Å². The summed E-state index contributed by atoms with van der Waals surface area (Å²) in [5.74, 6) is -50.1. The van der Waals surface area contributed by atoms with Gasteiger partial charge >= 0.3 is 47.8 Å². The molecule has 0 spiro atoms. The molecule has 0 aliphatic carbocycles. The lowest BCUT2D eigenvalue weighted by atomic mass is 9.90. The zero-order valence-corrected chi connectivity index (χ0v) is 16.4. The lowest BCUT2D eigenvalue weighted by molar-refractivity contribution is -0.849. The van der Waals surface area contributed by atoms with Crippen molar-refractivity contribution < 1.29 is 79.2 Å². The molecule has 19 heteroatoms. The number of hydrogen-bond acceptors (Lipinski definition) is 0. The maximum absolute atomic E-state index is 14.2. The quantitative estimate of drug-likeness (QED) is 0.250. The Morgan fingerprint density at radius 1 is 0.500 bits per heavy atom. The summed E-state index contributed by atoms with van der Waals surface area (Å²) in [5.41, 5.74) is -0.131. The molecule has 0 N–H and O–H groups in total. The first-order valence-electron chi connectivity index (χ1n) is 8.69. The van der Waals surface area contributed by atoms with Crippen LogP contribution in [0.4, 0.5) is 74.6 Å². The topological polar surface area (TPSA) is 8.81 Å².